The molecule has 0 aromatic heterocycles. The Labute approximate surface area is 287 Å². The van der Waals surface area contributed by atoms with E-state index < -0.39 is 82.0 Å². The second-order valence-corrected chi connectivity index (χ2v) is 13.9. The molecule has 6 atom stereocenters. The number of hydrogen-bond acceptors (Lipinski definition) is 16. The van der Waals surface area contributed by atoms with Gasteiger partial charge in [-0.15, -0.1) is 0 Å². The summed E-state index contributed by atoms with van der Waals surface area (Å²) in [6.07, 6.45) is -4.15. The van der Waals surface area contributed by atoms with Gasteiger partial charge in [-0.25, -0.2) is 0 Å². The van der Waals surface area contributed by atoms with Crippen LogP contribution in [0.15, 0.2) is 0 Å². The number of carbonyl (C=O) groups is 4. The molecule has 0 aromatic rings. The van der Waals surface area contributed by atoms with Crippen LogP contribution in [-0.2, 0) is 60.3 Å². The molecule has 0 fully saturated rings. The number of rotatable bonds is 19. The number of carbonyl (C=O) groups excluding carboxylic acids is 4. The maximum absolute atomic E-state index is 11.4. The van der Waals surface area contributed by atoms with Crippen LogP contribution in [0.5, 0.6) is 0 Å². The standard InChI is InChI=1S/C18H30O12S6.2Na/c1-11(19)27-15(17(9-35(23)24)29-13(3)21)7-33-31-5-6-32-34-8-16(28-12(2)20)18(10-36(25)26)30-14(4)22;;/h15-18H,5-10H2,1-4H3,(H,23,24)(H,25,26);;/q;2*+1/p-2/t15-,16-,17-,18-;;/m0../s1. The van der Waals surface area contributed by atoms with Crippen LogP contribution in [0.25, 0.3) is 0 Å². The molecule has 0 amide bonds. The molecule has 12 nitrogen and oxygen atoms in total. The fourth-order valence-electron chi connectivity index (χ4n) is 2.41. The molecule has 0 heterocycles. The van der Waals surface area contributed by atoms with E-state index in [0.717, 1.165) is 13.8 Å². The van der Waals surface area contributed by atoms with Crippen LogP contribution in [0.2, 0.25) is 0 Å². The second kappa shape index (κ2) is 26.2. The fraction of sp³-hybridized carbons (Fsp3) is 0.778. The van der Waals surface area contributed by atoms with Crippen molar-refractivity contribution in [1.29, 1.82) is 0 Å². The van der Waals surface area contributed by atoms with Crippen LogP contribution < -0.4 is 59.1 Å². The van der Waals surface area contributed by atoms with Gasteiger partial charge in [0, 0.05) is 50.7 Å². The smallest absolute Gasteiger partial charge is 0.772 e. The van der Waals surface area contributed by atoms with Crippen LogP contribution >= 0.6 is 43.2 Å². The van der Waals surface area contributed by atoms with Crippen LogP contribution in [0, 0.1) is 0 Å². The van der Waals surface area contributed by atoms with Crippen LogP contribution in [0.4, 0.5) is 0 Å². The first-order valence-corrected chi connectivity index (χ1v) is 17.6. The van der Waals surface area contributed by atoms with Crippen molar-refractivity contribution < 1.29 is 115 Å². The topological polar surface area (TPSA) is 185 Å². The Balaban J connectivity index is -0.00000612. The van der Waals surface area contributed by atoms with Gasteiger partial charge in [0.05, 0.1) is 11.5 Å². The van der Waals surface area contributed by atoms with Crippen molar-refractivity contribution in [3.63, 3.8) is 0 Å². The molecule has 0 aliphatic carbocycles. The minimum Gasteiger partial charge on any atom is -0.772 e. The van der Waals surface area contributed by atoms with E-state index >= 15 is 0 Å². The van der Waals surface area contributed by atoms with Gasteiger partial charge in [-0.05, 0) is 0 Å². The summed E-state index contributed by atoms with van der Waals surface area (Å²) in [5, 5.41) is 0. The molecular formula is C18H28Na2O12S6. The number of ether oxygens (including phenoxy) is 4. The quantitative estimate of drug-likeness (QED) is 0.0317. The Hall–Kier alpha value is 1.50. The van der Waals surface area contributed by atoms with E-state index in [-0.39, 0.29) is 70.6 Å². The van der Waals surface area contributed by atoms with Crippen molar-refractivity contribution >= 4 is 89.2 Å². The van der Waals surface area contributed by atoms with Gasteiger partial charge in [-0.2, -0.15) is 0 Å². The first-order valence-electron chi connectivity index (χ1n) is 10.1. The van der Waals surface area contributed by atoms with Crippen LogP contribution in [-0.4, -0.2) is 100 Å². The van der Waals surface area contributed by atoms with E-state index in [1.807, 2.05) is 0 Å². The van der Waals surface area contributed by atoms with E-state index in [0.29, 0.717) is 11.5 Å². The molecule has 0 bridgehead atoms. The molecule has 0 aliphatic heterocycles. The normalized spacial score (nSPS) is 15.2. The summed E-state index contributed by atoms with van der Waals surface area (Å²) >= 11 is -5.02. The molecule has 0 aliphatic rings. The van der Waals surface area contributed by atoms with E-state index in [2.05, 4.69) is 0 Å². The van der Waals surface area contributed by atoms with Crippen molar-refractivity contribution in [2.24, 2.45) is 0 Å². The van der Waals surface area contributed by atoms with Crippen LogP contribution in [0.3, 0.4) is 0 Å². The molecule has 0 N–H and O–H groups in total. The number of hydrogen-bond donors (Lipinski definition) is 0. The van der Waals surface area contributed by atoms with Gasteiger partial charge in [-0.3, -0.25) is 27.6 Å². The van der Waals surface area contributed by atoms with Gasteiger partial charge in [0.1, 0.15) is 24.4 Å². The Morgan fingerprint density at radius 2 is 0.842 bits per heavy atom. The molecule has 0 rings (SSSR count). The van der Waals surface area contributed by atoms with Crippen molar-refractivity contribution in [2.75, 3.05) is 34.5 Å². The fourth-order valence-corrected chi connectivity index (χ4v) is 8.63. The molecule has 38 heavy (non-hydrogen) atoms. The number of esters is 4. The third-order valence-corrected chi connectivity index (χ3v) is 9.86. The second-order valence-electron chi connectivity index (χ2n) is 6.75. The maximum Gasteiger partial charge on any atom is 1.00 e. The van der Waals surface area contributed by atoms with Crippen molar-refractivity contribution in [3.05, 3.63) is 0 Å². The van der Waals surface area contributed by atoms with Crippen LogP contribution in [0.1, 0.15) is 27.7 Å². The zero-order chi connectivity index (χ0) is 27.7. The largest absolute Gasteiger partial charge is 1.00 e. The third kappa shape index (κ3) is 25.2. The Morgan fingerprint density at radius 1 is 0.579 bits per heavy atom. The SMILES string of the molecule is CC(=O)O[C@@H](CSSCCSSC[C@H](OC(C)=O)[C@H](CS(=O)[O-])OC(C)=O)[C@H](CS(=O)[O-])OC(C)=O.[Na+].[Na+]. The predicted octanol–water partition coefficient (Wildman–Crippen LogP) is -4.76. The molecule has 0 radical (unpaired) electrons. The van der Waals surface area contributed by atoms with Gasteiger partial charge in [0.25, 0.3) is 0 Å². The van der Waals surface area contributed by atoms with E-state index in [1.54, 1.807) is 0 Å². The summed E-state index contributed by atoms with van der Waals surface area (Å²) in [7, 11) is 5.45. The molecule has 0 saturated heterocycles. The third-order valence-electron chi connectivity index (χ3n) is 3.58. The zero-order valence-electron chi connectivity index (χ0n) is 21.9. The molecule has 0 saturated carbocycles. The zero-order valence-corrected chi connectivity index (χ0v) is 30.8. The first kappa shape index (κ1) is 43.9. The van der Waals surface area contributed by atoms with E-state index in [9.17, 15) is 36.7 Å². The molecule has 0 spiro atoms. The molecule has 20 heteroatoms. The maximum atomic E-state index is 11.4. The average molecular weight is 675 g/mol. The van der Waals surface area contributed by atoms with Gasteiger partial charge >= 0.3 is 83.0 Å². The predicted molar refractivity (Wildman–Crippen MR) is 140 cm³/mol. The van der Waals surface area contributed by atoms with Crippen molar-refractivity contribution in [2.45, 2.75) is 52.1 Å². The van der Waals surface area contributed by atoms with E-state index in [4.69, 9.17) is 18.9 Å². The van der Waals surface area contributed by atoms with E-state index in [1.165, 1.54) is 57.0 Å². The van der Waals surface area contributed by atoms with Gasteiger partial charge in [0.2, 0.25) is 0 Å². The summed E-state index contributed by atoms with van der Waals surface area (Å²) in [5.74, 6) is -2.07. The Morgan fingerprint density at radius 3 is 1.08 bits per heavy atom. The molecular weight excluding hydrogens is 647 g/mol. The average Bonchev–Trinajstić information content (AvgIpc) is 2.71. The molecule has 0 aromatic carbocycles. The minimum absolute atomic E-state index is 0. The molecule has 2 unspecified atom stereocenters. The monoisotopic (exact) mass is 674 g/mol. The first-order chi connectivity index (χ1) is 16.8. The van der Waals surface area contributed by atoms with Gasteiger partial charge in [-0.1, -0.05) is 65.3 Å². The van der Waals surface area contributed by atoms with Crippen molar-refractivity contribution in [3.8, 4) is 0 Å². The van der Waals surface area contributed by atoms with Gasteiger partial charge < -0.3 is 28.1 Å². The Bertz CT molecular complexity index is 684. The summed E-state index contributed by atoms with van der Waals surface area (Å²) in [6, 6.07) is 0. The summed E-state index contributed by atoms with van der Waals surface area (Å²) in [4.78, 5) is 45.4. The minimum atomic E-state index is -2.51. The summed E-state index contributed by atoms with van der Waals surface area (Å²) < 4.78 is 64.6. The molecule has 210 valence electrons. The summed E-state index contributed by atoms with van der Waals surface area (Å²) in [6.45, 7) is 4.59. The van der Waals surface area contributed by atoms with Gasteiger partial charge in [0.15, 0.2) is 0 Å². The van der Waals surface area contributed by atoms with Crippen molar-refractivity contribution in [1.82, 2.24) is 0 Å². The Kier molecular flexibility index (Phi) is 30.2. The summed E-state index contributed by atoms with van der Waals surface area (Å²) in [5.41, 5.74) is 0.